The molecule has 5 nitrogen and oxygen atoms in total. The summed E-state index contributed by atoms with van der Waals surface area (Å²) >= 11 is 0. The summed E-state index contributed by atoms with van der Waals surface area (Å²) in [4.78, 5) is 8.56. The first-order chi connectivity index (χ1) is 6.12. The van der Waals surface area contributed by atoms with Crippen LogP contribution in [-0.4, -0.2) is 39.3 Å². The smallest absolute Gasteiger partial charge is 0.450 e. The van der Waals surface area contributed by atoms with Gasteiger partial charge in [0, 0.05) is 12.5 Å². The SMILES string of the molecule is CC(CO)C(O)C(C)(C)C.O=C(O)O. The number of hydrogen-bond acceptors (Lipinski definition) is 3. The molecule has 14 heavy (non-hydrogen) atoms. The Morgan fingerprint density at radius 1 is 1.29 bits per heavy atom. The van der Waals surface area contributed by atoms with Crippen LogP contribution in [-0.2, 0) is 0 Å². The number of rotatable bonds is 2. The van der Waals surface area contributed by atoms with E-state index < -0.39 is 12.3 Å². The van der Waals surface area contributed by atoms with Crippen molar-refractivity contribution >= 4 is 6.16 Å². The Kier molecular flexibility index (Phi) is 7.40. The highest BCUT2D eigenvalue weighted by atomic mass is 16.6. The van der Waals surface area contributed by atoms with Crippen molar-refractivity contribution in [2.24, 2.45) is 11.3 Å². The van der Waals surface area contributed by atoms with Crippen LogP contribution in [0.1, 0.15) is 27.7 Å². The van der Waals surface area contributed by atoms with E-state index in [9.17, 15) is 5.11 Å². The average molecular weight is 208 g/mol. The van der Waals surface area contributed by atoms with Crippen molar-refractivity contribution in [1.82, 2.24) is 0 Å². The quantitative estimate of drug-likeness (QED) is 0.547. The van der Waals surface area contributed by atoms with Gasteiger partial charge in [-0.15, -0.1) is 0 Å². The molecule has 0 aromatic heterocycles. The summed E-state index contributed by atoms with van der Waals surface area (Å²) in [5.41, 5.74) is -0.123. The molecular weight excluding hydrogens is 188 g/mol. The van der Waals surface area contributed by atoms with Gasteiger partial charge in [0.25, 0.3) is 0 Å². The molecule has 0 amide bonds. The molecule has 2 atom stereocenters. The van der Waals surface area contributed by atoms with Gasteiger partial charge in [0.15, 0.2) is 0 Å². The summed E-state index contributed by atoms with van der Waals surface area (Å²) < 4.78 is 0. The number of carboxylic acid groups (broad SMARTS) is 2. The van der Waals surface area contributed by atoms with Crippen LogP contribution in [0.3, 0.4) is 0 Å². The molecule has 0 aromatic carbocycles. The minimum absolute atomic E-state index is 0.0278. The van der Waals surface area contributed by atoms with Crippen LogP contribution in [0.4, 0.5) is 4.79 Å². The molecule has 5 heteroatoms. The zero-order valence-electron chi connectivity index (χ0n) is 9.06. The predicted molar refractivity (Wildman–Crippen MR) is 52.4 cm³/mol. The standard InChI is InChI=1S/C8H18O2.CH2O3/c1-6(5-9)7(10)8(2,3)4;2-1(3)4/h6-7,9-10H,5H2,1-4H3;(H2,2,3,4). The van der Waals surface area contributed by atoms with Crippen molar-refractivity contribution in [3.05, 3.63) is 0 Å². The van der Waals surface area contributed by atoms with Crippen molar-refractivity contribution in [3.63, 3.8) is 0 Å². The number of aliphatic hydroxyl groups excluding tert-OH is 2. The summed E-state index contributed by atoms with van der Waals surface area (Å²) in [6.07, 6.45) is -2.25. The molecule has 0 aliphatic rings. The van der Waals surface area contributed by atoms with Crippen molar-refractivity contribution in [3.8, 4) is 0 Å². The molecule has 0 heterocycles. The third-order valence-corrected chi connectivity index (χ3v) is 1.71. The third-order valence-electron chi connectivity index (χ3n) is 1.71. The van der Waals surface area contributed by atoms with Crippen LogP contribution in [0.2, 0.25) is 0 Å². The van der Waals surface area contributed by atoms with E-state index in [0.717, 1.165) is 0 Å². The van der Waals surface area contributed by atoms with Crippen LogP contribution < -0.4 is 0 Å². The maximum absolute atomic E-state index is 9.49. The first-order valence-corrected chi connectivity index (χ1v) is 4.33. The minimum Gasteiger partial charge on any atom is -0.450 e. The average Bonchev–Trinajstić information content (AvgIpc) is 1.99. The molecule has 0 aliphatic carbocycles. The number of hydrogen-bond donors (Lipinski definition) is 4. The van der Waals surface area contributed by atoms with E-state index >= 15 is 0 Å². The van der Waals surface area contributed by atoms with Gasteiger partial charge in [0.1, 0.15) is 0 Å². The summed E-state index contributed by atoms with van der Waals surface area (Å²) in [6.45, 7) is 7.78. The Hall–Kier alpha value is -0.810. The molecule has 0 saturated carbocycles. The first kappa shape index (κ1) is 15.7. The van der Waals surface area contributed by atoms with Gasteiger partial charge in [-0.2, -0.15) is 0 Å². The van der Waals surface area contributed by atoms with Gasteiger partial charge in [-0.25, -0.2) is 4.79 Å². The van der Waals surface area contributed by atoms with Gasteiger partial charge in [0.2, 0.25) is 0 Å². The fraction of sp³-hybridized carbons (Fsp3) is 0.889. The molecule has 0 fully saturated rings. The predicted octanol–water partition coefficient (Wildman–Crippen LogP) is 1.24. The van der Waals surface area contributed by atoms with Gasteiger partial charge < -0.3 is 20.4 Å². The zero-order chi connectivity index (χ0) is 11.9. The van der Waals surface area contributed by atoms with E-state index in [1.165, 1.54) is 0 Å². The van der Waals surface area contributed by atoms with E-state index in [2.05, 4.69) is 0 Å². The van der Waals surface area contributed by atoms with Crippen molar-refractivity contribution < 1.29 is 25.2 Å². The highest BCUT2D eigenvalue weighted by molar-refractivity contribution is 5.53. The van der Waals surface area contributed by atoms with Crippen LogP contribution >= 0.6 is 0 Å². The lowest BCUT2D eigenvalue weighted by Crippen LogP contribution is -2.33. The molecule has 86 valence electrons. The van der Waals surface area contributed by atoms with E-state index in [1.807, 2.05) is 27.7 Å². The van der Waals surface area contributed by atoms with E-state index in [1.54, 1.807) is 0 Å². The van der Waals surface area contributed by atoms with E-state index in [4.69, 9.17) is 20.1 Å². The van der Waals surface area contributed by atoms with Crippen molar-refractivity contribution in [2.75, 3.05) is 6.61 Å². The topological polar surface area (TPSA) is 98.0 Å². The first-order valence-electron chi connectivity index (χ1n) is 4.33. The van der Waals surface area contributed by atoms with Crippen LogP contribution in [0.15, 0.2) is 0 Å². The van der Waals surface area contributed by atoms with Crippen LogP contribution in [0.25, 0.3) is 0 Å². The van der Waals surface area contributed by atoms with Crippen LogP contribution in [0, 0.1) is 11.3 Å². The third kappa shape index (κ3) is 9.28. The highest BCUT2D eigenvalue weighted by Gasteiger charge is 2.26. The second-order valence-corrected chi connectivity index (χ2v) is 4.25. The lowest BCUT2D eigenvalue weighted by atomic mass is 9.82. The molecule has 2 unspecified atom stereocenters. The molecule has 0 radical (unpaired) electrons. The van der Waals surface area contributed by atoms with Crippen molar-refractivity contribution in [2.45, 2.75) is 33.8 Å². The van der Waals surface area contributed by atoms with E-state index in [0.29, 0.717) is 0 Å². The molecule has 0 saturated heterocycles. The molecule has 4 N–H and O–H groups in total. The second kappa shape index (κ2) is 6.62. The monoisotopic (exact) mass is 208 g/mol. The Labute approximate surface area is 84.0 Å². The number of aliphatic hydroxyl groups is 2. The van der Waals surface area contributed by atoms with Crippen LogP contribution in [0.5, 0.6) is 0 Å². The Morgan fingerprint density at radius 2 is 1.57 bits per heavy atom. The Morgan fingerprint density at radius 3 is 1.64 bits per heavy atom. The molecule has 0 bridgehead atoms. The van der Waals surface area contributed by atoms with Gasteiger partial charge in [-0.05, 0) is 5.41 Å². The summed E-state index contributed by atoms with van der Waals surface area (Å²) in [5.74, 6) is -0.0278. The largest absolute Gasteiger partial charge is 0.503 e. The van der Waals surface area contributed by atoms with E-state index in [-0.39, 0.29) is 17.9 Å². The Balaban J connectivity index is 0. The van der Waals surface area contributed by atoms with Gasteiger partial charge in [-0.1, -0.05) is 27.7 Å². The fourth-order valence-corrected chi connectivity index (χ4v) is 0.953. The lowest BCUT2D eigenvalue weighted by molar-refractivity contribution is -0.00245. The minimum atomic E-state index is -1.83. The molecule has 0 aliphatic heterocycles. The van der Waals surface area contributed by atoms with Gasteiger partial charge >= 0.3 is 6.16 Å². The zero-order valence-corrected chi connectivity index (χ0v) is 9.06. The molecule has 0 rings (SSSR count). The second-order valence-electron chi connectivity index (χ2n) is 4.25. The highest BCUT2D eigenvalue weighted by Crippen LogP contribution is 2.24. The molecule has 0 spiro atoms. The lowest BCUT2D eigenvalue weighted by Gasteiger charge is -2.29. The summed E-state index contributed by atoms with van der Waals surface area (Å²) in [7, 11) is 0. The van der Waals surface area contributed by atoms with Gasteiger partial charge in [-0.3, -0.25) is 0 Å². The molecular formula is C9H20O5. The maximum Gasteiger partial charge on any atom is 0.503 e. The molecule has 0 aromatic rings. The Bertz CT molecular complexity index is 157. The normalized spacial score (nSPS) is 15.0. The summed E-state index contributed by atoms with van der Waals surface area (Å²) in [5, 5.41) is 32.1. The summed E-state index contributed by atoms with van der Waals surface area (Å²) in [6, 6.07) is 0. The van der Waals surface area contributed by atoms with Gasteiger partial charge in [0.05, 0.1) is 6.10 Å². The maximum atomic E-state index is 9.49. The number of carbonyl (C=O) groups is 1. The fourth-order valence-electron chi connectivity index (χ4n) is 0.953. The van der Waals surface area contributed by atoms with Crippen molar-refractivity contribution in [1.29, 1.82) is 0 Å².